The molecule has 2 N–H and O–H groups in total. The Labute approximate surface area is 214 Å². The van der Waals surface area contributed by atoms with Crippen molar-refractivity contribution in [1.29, 1.82) is 0 Å². The van der Waals surface area contributed by atoms with Crippen molar-refractivity contribution in [3.63, 3.8) is 0 Å². The number of nitrogens with zero attached hydrogens (tertiary/aromatic N) is 2. The highest BCUT2D eigenvalue weighted by atomic mass is 14.8. The Bertz CT molecular complexity index is 1730. The quantitative estimate of drug-likeness (QED) is 0.234. The van der Waals surface area contributed by atoms with Crippen LogP contribution in [-0.2, 0) is 6.42 Å². The van der Waals surface area contributed by atoms with Crippen LogP contribution in [-0.4, -0.2) is 19.9 Å². The monoisotopic (exact) mass is 476 g/mol. The van der Waals surface area contributed by atoms with Crippen LogP contribution in [0.25, 0.3) is 57.5 Å². The van der Waals surface area contributed by atoms with Gasteiger partial charge in [0.1, 0.15) is 0 Å². The van der Waals surface area contributed by atoms with Gasteiger partial charge in [-0.3, -0.25) is 0 Å². The lowest BCUT2D eigenvalue weighted by Crippen LogP contribution is -1.77. The number of aromatic nitrogens is 4. The van der Waals surface area contributed by atoms with Gasteiger partial charge in [-0.2, -0.15) is 0 Å². The van der Waals surface area contributed by atoms with Crippen LogP contribution < -0.4 is 0 Å². The summed E-state index contributed by atoms with van der Waals surface area (Å²) in [6.45, 7) is 0. The summed E-state index contributed by atoms with van der Waals surface area (Å²) in [6, 6.07) is 33.7. The third kappa shape index (κ3) is 4.41. The van der Waals surface area contributed by atoms with Crippen molar-refractivity contribution < 1.29 is 0 Å². The zero-order chi connectivity index (χ0) is 24.6. The molecule has 0 unspecified atom stereocenters. The van der Waals surface area contributed by atoms with Gasteiger partial charge in [0.15, 0.2) is 0 Å². The van der Waals surface area contributed by atoms with Crippen molar-refractivity contribution in [1.82, 2.24) is 19.9 Å². The third-order valence-electron chi connectivity index (χ3n) is 6.75. The molecule has 3 aromatic heterocycles. The molecule has 0 atom stereocenters. The molecule has 2 aromatic carbocycles. The molecule has 4 nitrogen and oxygen atoms in total. The molecule has 0 radical (unpaired) electrons. The Hall–Kier alpha value is -4.96. The third-order valence-corrected chi connectivity index (χ3v) is 6.75. The van der Waals surface area contributed by atoms with E-state index in [1.54, 1.807) is 0 Å². The van der Waals surface area contributed by atoms with Crippen molar-refractivity contribution >= 4 is 46.4 Å². The number of H-pyrrole nitrogens is 2. The van der Waals surface area contributed by atoms with Crippen LogP contribution >= 0.6 is 0 Å². The second-order valence-corrected chi connectivity index (χ2v) is 9.40. The smallest absolute Gasteiger partial charge is 0.0659 e. The van der Waals surface area contributed by atoms with Gasteiger partial charge in [0.2, 0.25) is 0 Å². The van der Waals surface area contributed by atoms with Gasteiger partial charge in [-0.05, 0) is 102 Å². The fourth-order valence-corrected chi connectivity index (χ4v) is 5.02. The van der Waals surface area contributed by atoms with Crippen molar-refractivity contribution in [2.75, 3.05) is 0 Å². The maximum absolute atomic E-state index is 4.62. The molecule has 5 aromatic rings. The topological polar surface area (TPSA) is 57.4 Å². The number of nitrogens with one attached hydrogen (secondary N) is 2. The van der Waals surface area contributed by atoms with Crippen LogP contribution in [0.5, 0.6) is 0 Å². The first-order valence-electron chi connectivity index (χ1n) is 12.5. The molecule has 37 heavy (non-hydrogen) atoms. The number of aromatic amines is 2. The molecule has 2 aliphatic heterocycles. The maximum atomic E-state index is 4.62. The summed E-state index contributed by atoms with van der Waals surface area (Å²) in [4.78, 5) is 16.0. The Morgan fingerprint density at radius 2 is 0.838 bits per heavy atom. The molecule has 4 heteroatoms. The normalized spacial score (nSPS) is 12.5. The summed E-state index contributed by atoms with van der Waals surface area (Å²) >= 11 is 0. The fraction of sp³-hybridized carbons (Fsp3) is 0.0303. The lowest BCUT2D eigenvalue weighted by molar-refractivity contribution is 1.26. The standard InChI is InChI=1S/C20H14N4.C13H10/c1-2-14-10-16-5-6-18(23-16)12-20-8-7-19(24-20)11-17-4-3-15(22-17)9-13(1)21-14;1-3-7-12-10(5-1)9-11-6-2-4-8-13(11)12/h1-12,21-22H;1-8H,9H2. The Kier molecular flexibility index (Phi) is 5.14. The van der Waals surface area contributed by atoms with Crippen LogP contribution in [0, 0.1) is 0 Å². The van der Waals surface area contributed by atoms with E-state index in [-0.39, 0.29) is 0 Å². The molecule has 5 heterocycles. The molecule has 8 rings (SSSR count). The zero-order valence-electron chi connectivity index (χ0n) is 20.1. The molecule has 0 amide bonds. The minimum absolute atomic E-state index is 0.915. The molecule has 1 aliphatic carbocycles. The van der Waals surface area contributed by atoms with E-state index in [9.17, 15) is 0 Å². The second kappa shape index (κ2) is 8.92. The predicted molar refractivity (Wildman–Crippen MR) is 154 cm³/mol. The zero-order valence-corrected chi connectivity index (χ0v) is 20.1. The van der Waals surface area contributed by atoms with Gasteiger partial charge in [0.25, 0.3) is 0 Å². The summed E-state index contributed by atoms with van der Waals surface area (Å²) in [5.74, 6) is 0. The molecule has 176 valence electrons. The van der Waals surface area contributed by atoms with Crippen LogP contribution in [0.2, 0.25) is 0 Å². The van der Waals surface area contributed by atoms with E-state index in [1.165, 1.54) is 22.3 Å². The van der Waals surface area contributed by atoms with Crippen molar-refractivity contribution in [2.45, 2.75) is 6.42 Å². The maximum Gasteiger partial charge on any atom is 0.0659 e. The highest BCUT2D eigenvalue weighted by molar-refractivity contribution is 5.78. The Morgan fingerprint density at radius 3 is 1.32 bits per heavy atom. The van der Waals surface area contributed by atoms with Gasteiger partial charge in [-0.1, -0.05) is 48.5 Å². The summed E-state index contributed by atoms with van der Waals surface area (Å²) in [7, 11) is 0. The van der Waals surface area contributed by atoms with Crippen molar-refractivity contribution in [3.8, 4) is 11.1 Å². The van der Waals surface area contributed by atoms with E-state index in [1.807, 2.05) is 42.5 Å². The number of rotatable bonds is 0. The van der Waals surface area contributed by atoms with Crippen molar-refractivity contribution in [2.24, 2.45) is 0 Å². The Balaban J connectivity index is 0.000000149. The van der Waals surface area contributed by atoms with Gasteiger partial charge in [0.05, 0.1) is 22.8 Å². The van der Waals surface area contributed by atoms with Crippen LogP contribution in [0.4, 0.5) is 0 Å². The van der Waals surface area contributed by atoms with E-state index in [2.05, 4.69) is 98.8 Å². The average molecular weight is 477 g/mol. The van der Waals surface area contributed by atoms with Gasteiger partial charge in [-0.15, -0.1) is 0 Å². The fourth-order valence-electron chi connectivity index (χ4n) is 5.02. The largest absolute Gasteiger partial charge is 0.355 e. The second-order valence-electron chi connectivity index (χ2n) is 9.40. The summed E-state index contributed by atoms with van der Waals surface area (Å²) < 4.78 is 0. The average Bonchev–Trinajstić information content (AvgIpc) is 3.73. The van der Waals surface area contributed by atoms with Crippen LogP contribution in [0.1, 0.15) is 33.9 Å². The lowest BCUT2D eigenvalue weighted by atomic mass is 10.1. The molecular formula is C33H24N4. The lowest BCUT2D eigenvalue weighted by Gasteiger charge is -1.98. The predicted octanol–water partition coefficient (Wildman–Crippen LogP) is 7.91. The molecule has 0 saturated carbocycles. The first-order valence-corrected chi connectivity index (χ1v) is 12.5. The molecular weight excluding hydrogens is 452 g/mol. The van der Waals surface area contributed by atoms with E-state index in [0.29, 0.717) is 0 Å². The van der Waals surface area contributed by atoms with Gasteiger partial charge in [0, 0.05) is 22.1 Å². The highest BCUT2D eigenvalue weighted by Crippen LogP contribution is 2.35. The first kappa shape index (κ1) is 21.3. The van der Waals surface area contributed by atoms with Crippen LogP contribution in [0.15, 0.2) is 97.1 Å². The molecule has 0 fully saturated rings. The SMILES string of the molecule is C1=Cc2cc3ccc(cc4ccc(cc5nc(cc1n2)C=C5)[nH]4)[nH]3.c1ccc2c(c1)Cc1ccccc1-2. The summed E-state index contributed by atoms with van der Waals surface area (Å²) in [5, 5.41) is 0. The number of hydrogen-bond acceptors (Lipinski definition) is 2. The number of hydrogen-bond donors (Lipinski definition) is 2. The minimum atomic E-state index is 0.915. The highest BCUT2D eigenvalue weighted by Gasteiger charge is 2.15. The molecule has 0 saturated heterocycles. The summed E-state index contributed by atoms with van der Waals surface area (Å²) in [5.41, 5.74) is 13.6. The minimum Gasteiger partial charge on any atom is -0.355 e. The van der Waals surface area contributed by atoms with E-state index in [4.69, 9.17) is 0 Å². The first-order chi connectivity index (χ1) is 18.2. The van der Waals surface area contributed by atoms with Crippen molar-refractivity contribution in [3.05, 3.63) is 131 Å². The molecule has 3 aliphatic rings. The van der Waals surface area contributed by atoms with Crippen LogP contribution in [0.3, 0.4) is 0 Å². The summed E-state index contributed by atoms with van der Waals surface area (Å²) in [6.07, 6.45) is 9.15. The number of benzene rings is 2. The van der Waals surface area contributed by atoms with Gasteiger partial charge < -0.3 is 9.97 Å². The van der Waals surface area contributed by atoms with Gasteiger partial charge in [-0.25, -0.2) is 9.97 Å². The number of fused-ring (bicyclic) bond motifs is 11. The Morgan fingerprint density at radius 1 is 0.432 bits per heavy atom. The van der Waals surface area contributed by atoms with Gasteiger partial charge >= 0.3 is 0 Å². The molecule has 0 spiro atoms. The van der Waals surface area contributed by atoms with E-state index in [0.717, 1.165) is 51.3 Å². The van der Waals surface area contributed by atoms with E-state index < -0.39 is 0 Å². The molecule has 8 bridgehead atoms. The van der Waals surface area contributed by atoms with E-state index >= 15 is 0 Å².